The lowest BCUT2D eigenvalue weighted by Crippen LogP contribution is -2.41. The number of anilines is 1. The van der Waals surface area contributed by atoms with Gasteiger partial charge in [-0.2, -0.15) is 0 Å². The normalized spacial score (nSPS) is 17.9. The second-order valence-corrected chi connectivity index (χ2v) is 4.72. The Balaban J connectivity index is 2.02. The third kappa shape index (κ3) is 1.94. The number of rotatable bonds is 2. The summed E-state index contributed by atoms with van der Waals surface area (Å²) in [5.41, 5.74) is 7.77. The average Bonchev–Trinajstić information content (AvgIpc) is 2.93. The van der Waals surface area contributed by atoms with Crippen LogP contribution in [0.3, 0.4) is 0 Å². The zero-order chi connectivity index (χ0) is 14.3. The molecule has 3 rings (SSSR count). The monoisotopic (exact) mass is 273 g/mol. The fourth-order valence-electron chi connectivity index (χ4n) is 2.22. The van der Waals surface area contributed by atoms with Crippen molar-refractivity contribution in [2.75, 3.05) is 11.9 Å². The van der Waals surface area contributed by atoms with E-state index in [2.05, 4.69) is 5.16 Å². The highest BCUT2D eigenvalue weighted by Gasteiger charge is 2.29. The Hall–Kier alpha value is -2.34. The van der Waals surface area contributed by atoms with E-state index in [0.29, 0.717) is 23.7 Å². The summed E-state index contributed by atoms with van der Waals surface area (Å²) in [4.78, 5) is 13.5. The lowest BCUT2D eigenvalue weighted by Gasteiger charge is -2.30. The summed E-state index contributed by atoms with van der Waals surface area (Å²) in [5.74, 6) is 1.23. The molecule has 0 saturated heterocycles. The standard InChI is InChI=1S/C14H15N3O3/c1-8-14(18)17(2)12-5-9(3-4-13(12)19-8)11-6-10(7-15)20-16-11/h3-6,8H,7,15H2,1-2H3. The Morgan fingerprint density at radius 2 is 2.20 bits per heavy atom. The molecule has 1 aromatic carbocycles. The summed E-state index contributed by atoms with van der Waals surface area (Å²) in [5, 5.41) is 3.97. The number of benzene rings is 1. The van der Waals surface area contributed by atoms with E-state index in [4.69, 9.17) is 15.0 Å². The molecule has 1 unspecified atom stereocenters. The van der Waals surface area contributed by atoms with Crippen molar-refractivity contribution in [3.05, 3.63) is 30.0 Å². The molecule has 1 atom stereocenters. The van der Waals surface area contributed by atoms with Gasteiger partial charge in [0.1, 0.15) is 11.4 Å². The molecule has 2 N–H and O–H groups in total. The lowest BCUT2D eigenvalue weighted by molar-refractivity contribution is -0.125. The first kappa shape index (κ1) is 12.7. The Bertz CT molecular complexity index is 665. The highest BCUT2D eigenvalue weighted by molar-refractivity contribution is 5.99. The minimum Gasteiger partial charge on any atom is -0.479 e. The molecule has 0 spiro atoms. The highest BCUT2D eigenvalue weighted by Crippen LogP contribution is 2.36. The van der Waals surface area contributed by atoms with E-state index in [0.717, 1.165) is 11.3 Å². The minimum absolute atomic E-state index is 0.0718. The van der Waals surface area contributed by atoms with Crippen LogP contribution < -0.4 is 15.4 Å². The van der Waals surface area contributed by atoms with E-state index in [1.807, 2.05) is 18.2 Å². The molecule has 1 aliphatic rings. The van der Waals surface area contributed by atoms with Gasteiger partial charge in [-0.1, -0.05) is 5.16 Å². The summed E-state index contributed by atoms with van der Waals surface area (Å²) in [6.07, 6.45) is -0.464. The highest BCUT2D eigenvalue weighted by atomic mass is 16.5. The van der Waals surface area contributed by atoms with Gasteiger partial charge in [0.25, 0.3) is 5.91 Å². The Morgan fingerprint density at radius 1 is 1.40 bits per heavy atom. The van der Waals surface area contributed by atoms with Crippen LogP contribution in [0.25, 0.3) is 11.3 Å². The maximum Gasteiger partial charge on any atom is 0.267 e. The van der Waals surface area contributed by atoms with Crippen molar-refractivity contribution in [2.24, 2.45) is 5.73 Å². The molecule has 1 aromatic heterocycles. The molecule has 0 bridgehead atoms. The molecule has 0 radical (unpaired) electrons. The van der Waals surface area contributed by atoms with Gasteiger partial charge in [0, 0.05) is 18.7 Å². The van der Waals surface area contributed by atoms with Crippen LogP contribution >= 0.6 is 0 Å². The van der Waals surface area contributed by atoms with Crippen molar-refractivity contribution in [2.45, 2.75) is 19.6 Å². The van der Waals surface area contributed by atoms with Crippen LogP contribution in [0.15, 0.2) is 28.8 Å². The first-order chi connectivity index (χ1) is 9.60. The van der Waals surface area contributed by atoms with Crippen LogP contribution in [0.2, 0.25) is 0 Å². The second-order valence-electron chi connectivity index (χ2n) is 4.72. The number of nitrogens with two attached hydrogens (primary N) is 1. The number of likely N-dealkylation sites (N-methyl/N-ethyl adjacent to an activating group) is 1. The predicted octanol–water partition coefficient (Wildman–Crippen LogP) is 1.54. The van der Waals surface area contributed by atoms with E-state index in [1.165, 1.54) is 0 Å². The number of carbonyl (C=O) groups excluding carboxylic acids is 1. The first-order valence-corrected chi connectivity index (χ1v) is 6.34. The molecule has 0 fully saturated rings. The number of aromatic nitrogens is 1. The van der Waals surface area contributed by atoms with E-state index >= 15 is 0 Å². The minimum atomic E-state index is -0.464. The average molecular weight is 273 g/mol. The topological polar surface area (TPSA) is 81.6 Å². The van der Waals surface area contributed by atoms with Crippen molar-refractivity contribution in [3.8, 4) is 17.0 Å². The fraction of sp³-hybridized carbons (Fsp3) is 0.286. The fourth-order valence-corrected chi connectivity index (χ4v) is 2.22. The summed E-state index contributed by atoms with van der Waals surface area (Å²) in [6.45, 7) is 2.04. The Labute approximate surface area is 116 Å². The lowest BCUT2D eigenvalue weighted by atomic mass is 10.1. The quantitative estimate of drug-likeness (QED) is 0.897. The molecule has 0 aliphatic carbocycles. The Kier molecular flexibility index (Phi) is 2.94. The van der Waals surface area contributed by atoms with Crippen LogP contribution in [0.4, 0.5) is 5.69 Å². The molecular weight excluding hydrogens is 258 g/mol. The zero-order valence-electron chi connectivity index (χ0n) is 11.3. The summed E-state index contributed by atoms with van der Waals surface area (Å²) < 4.78 is 10.7. The van der Waals surface area contributed by atoms with Gasteiger partial charge in [-0.05, 0) is 25.1 Å². The number of ether oxygens (including phenoxy) is 1. The van der Waals surface area contributed by atoms with Gasteiger partial charge >= 0.3 is 0 Å². The van der Waals surface area contributed by atoms with Crippen LogP contribution in [0.5, 0.6) is 5.75 Å². The van der Waals surface area contributed by atoms with Crippen molar-refractivity contribution in [1.82, 2.24) is 5.16 Å². The van der Waals surface area contributed by atoms with Crippen molar-refractivity contribution in [3.63, 3.8) is 0 Å². The van der Waals surface area contributed by atoms with Crippen molar-refractivity contribution < 1.29 is 14.1 Å². The predicted molar refractivity (Wildman–Crippen MR) is 73.3 cm³/mol. The summed E-state index contributed by atoms with van der Waals surface area (Å²) in [7, 11) is 1.73. The van der Waals surface area contributed by atoms with Gasteiger partial charge in [-0.25, -0.2) is 0 Å². The molecule has 2 heterocycles. The largest absolute Gasteiger partial charge is 0.479 e. The molecule has 20 heavy (non-hydrogen) atoms. The first-order valence-electron chi connectivity index (χ1n) is 6.34. The third-order valence-electron chi connectivity index (χ3n) is 3.36. The van der Waals surface area contributed by atoms with Gasteiger partial charge in [0.05, 0.1) is 12.2 Å². The SMILES string of the molecule is CC1Oc2ccc(-c3cc(CN)on3)cc2N(C)C1=O. The molecular formula is C14H15N3O3. The number of carbonyl (C=O) groups is 1. The van der Waals surface area contributed by atoms with Crippen molar-refractivity contribution >= 4 is 11.6 Å². The van der Waals surface area contributed by atoms with Gasteiger partial charge in [-0.15, -0.1) is 0 Å². The number of hydrogen-bond donors (Lipinski definition) is 1. The molecule has 6 nitrogen and oxygen atoms in total. The van der Waals surface area contributed by atoms with Gasteiger partial charge in [0.2, 0.25) is 0 Å². The molecule has 1 aliphatic heterocycles. The maximum absolute atomic E-state index is 11.9. The summed E-state index contributed by atoms with van der Waals surface area (Å²) in [6, 6.07) is 7.36. The number of amides is 1. The molecule has 0 saturated carbocycles. The van der Waals surface area contributed by atoms with Crippen LogP contribution in [-0.4, -0.2) is 24.2 Å². The van der Waals surface area contributed by atoms with E-state index in [1.54, 1.807) is 24.9 Å². The smallest absolute Gasteiger partial charge is 0.267 e. The number of nitrogens with zero attached hydrogens (tertiary/aromatic N) is 2. The molecule has 2 aromatic rings. The summed E-state index contributed by atoms with van der Waals surface area (Å²) >= 11 is 0. The molecule has 1 amide bonds. The molecule has 6 heteroatoms. The van der Waals surface area contributed by atoms with Gasteiger partial charge in [-0.3, -0.25) is 4.79 Å². The Morgan fingerprint density at radius 3 is 2.90 bits per heavy atom. The van der Waals surface area contributed by atoms with Crippen molar-refractivity contribution in [1.29, 1.82) is 0 Å². The maximum atomic E-state index is 11.9. The van der Waals surface area contributed by atoms with E-state index < -0.39 is 6.10 Å². The number of fused-ring (bicyclic) bond motifs is 1. The van der Waals surface area contributed by atoms with E-state index in [9.17, 15) is 4.79 Å². The van der Waals surface area contributed by atoms with Crippen LogP contribution in [-0.2, 0) is 11.3 Å². The third-order valence-corrected chi connectivity index (χ3v) is 3.36. The second kappa shape index (κ2) is 4.64. The zero-order valence-corrected chi connectivity index (χ0v) is 11.3. The van der Waals surface area contributed by atoms with E-state index in [-0.39, 0.29) is 5.91 Å². The number of hydrogen-bond acceptors (Lipinski definition) is 5. The van der Waals surface area contributed by atoms with Crippen LogP contribution in [0, 0.1) is 0 Å². The van der Waals surface area contributed by atoms with Gasteiger partial charge < -0.3 is 19.9 Å². The van der Waals surface area contributed by atoms with Gasteiger partial charge in [0.15, 0.2) is 11.9 Å². The molecule has 104 valence electrons. The van der Waals surface area contributed by atoms with Crippen LogP contribution in [0.1, 0.15) is 12.7 Å².